The number of carbonyl (C=O) groups is 1. The highest BCUT2D eigenvalue weighted by molar-refractivity contribution is 5.76. The van der Waals surface area contributed by atoms with Crippen LogP contribution in [-0.2, 0) is 11.2 Å². The van der Waals surface area contributed by atoms with Gasteiger partial charge in [-0.05, 0) is 18.6 Å². The van der Waals surface area contributed by atoms with E-state index in [2.05, 4.69) is 6.92 Å². The Hall–Kier alpha value is -1.29. The minimum absolute atomic E-state index is 0.156. The summed E-state index contributed by atoms with van der Waals surface area (Å²) in [6.07, 6.45) is 3.75. The van der Waals surface area contributed by atoms with E-state index in [4.69, 9.17) is 10.2 Å². The number of hydrogen-bond acceptors (Lipinski definition) is 3. The monoisotopic (exact) mass is 224 g/mol. The lowest BCUT2D eigenvalue weighted by molar-refractivity contribution is -0.131. The maximum atomic E-state index is 11.8. The molecule has 1 heterocycles. The summed E-state index contributed by atoms with van der Waals surface area (Å²) >= 11 is 0. The zero-order valence-electron chi connectivity index (χ0n) is 9.82. The molecule has 0 aliphatic carbocycles. The quantitative estimate of drug-likeness (QED) is 0.761. The Balaban J connectivity index is 2.36. The van der Waals surface area contributed by atoms with E-state index in [0.717, 1.165) is 18.7 Å². The van der Waals surface area contributed by atoms with Gasteiger partial charge in [0.1, 0.15) is 5.76 Å². The molecular formula is C12H20N2O2. The third-order valence-electron chi connectivity index (χ3n) is 2.41. The maximum absolute atomic E-state index is 11.8. The summed E-state index contributed by atoms with van der Waals surface area (Å²) in [6, 6.07) is 3.73. The molecular weight excluding hydrogens is 204 g/mol. The van der Waals surface area contributed by atoms with E-state index in [1.807, 2.05) is 17.0 Å². The Labute approximate surface area is 96.4 Å². The van der Waals surface area contributed by atoms with Crippen molar-refractivity contribution in [3.63, 3.8) is 0 Å². The van der Waals surface area contributed by atoms with Crippen molar-refractivity contribution in [1.29, 1.82) is 0 Å². The van der Waals surface area contributed by atoms with Gasteiger partial charge in [-0.3, -0.25) is 4.79 Å². The van der Waals surface area contributed by atoms with Crippen molar-refractivity contribution in [3.8, 4) is 0 Å². The first kappa shape index (κ1) is 12.8. The Morgan fingerprint density at radius 2 is 2.31 bits per heavy atom. The average molecular weight is 224 g/mol. The van der Waals surface area contributed by atoms with E-state index in [1.165, 1.54) is 0 Å². The number of carbonyl (C=O) groups excluding carboxylic acids is 1. The van der Waals surface area contributed by atoms with Crippen molar-refractivity contribution in [3.05, 3.63) is 24.2 Å². The van der Waals surface area contributed by atoms with Crippen LogP contribution in [0.4, 0.5) is 0 Å². The number of aryl methyl sites for hydroxylation is 1. The van der Waals surface area contributed by atoms with Crippen molar-refractivity contribution >= 4 is 5.91 Å². The maximum Gasteiger partial charge on any atom is 0.223 e. The molecule has 0 bridgehead atoms. The Kier molecular flexibility index (Phi) is 5.64. The van der Waals surface area contributed by atoms with Crippen LogP contribution >= 0.6 is 0 Å². The molecule has 16 heavy (non-hydrogen) atoms. The van der Waals surface area contributed by atoms with E-state index >= 15 is 0 Å². The van der Waals surface area contributed by atoms with Gasteiger partial charge >= 0.3 is 0 Å². The van der Waals surface area contributed by atoms with E-state index in [9.17, 15) is 4.79 Å². The summed E-state index contributed by atoms with van der Waals surface area (Å²) < 4.78 is 5.19. The molecule has 0 aliphatic heterocycles. The molecule has 0 spiro atoms. The van der Waals surface area contributed by atoms with Gasteiger partial charge in [-0.25, -0.2) is 0 Å². The highest BCUT2D eigenvalue weighted by Crippen LogP contribution is 2.05. The number of nitrogens with two attached hydrogens (primary N) is 1. The first-order valence-electron chi connectivity index (χ1n) is 5.78. The predicted molar refractivity (Wildman–Crippen MR) is 63.0 cm³/mol. The van der Waals surface area contributed by atoms with Gasteiger partial charge < -0.3 is 15.1 Å². The second-order valence-electron chi connectivity index (χ2n) is 3.75. The second-order valence-corrected chi connectivity index (χ2v) is 3.75. The number of rotatable bonds is 7. The lowest BCUT2D eigenvalue weighted by Crippen LogP contribution is -2.36. The number of amides is 1. The lowest BCUT2D eigenvalue weighted by Gasteiger charge is -2.21. The van der Waals surface area contributed by atoms with Crippen molar-refractivity contribution in [1.82, 2.24) is 4.90 Å². The molecule has 0 aromatic carbocycles. The van der Waals surface area contributed by atoms with Gasteiger partial charge in [0.25, 0.3) is 0 Å². The molecule has 0 radical (unpaired) electrons. The smallest absolute Gasteiger partial charge is 0.223 e. The van der Waals surface area contributed by atoms with Crippen molar-refractivity contribution in [2.24, 2.45) is 5.73 Å². The third-order valence-corrected chi connectivity index (χ3v) is 2.41. The number of hydrogen-bond donors (Lipinski definition) is 1. The summed E-state index contributed by atoms with van der Waals surface area (Å²) in [5, 5.41) is 0. The molecule has 0 saturated carbocycles. The molecule has 2 N–H and O–H groups in total. The van der Waals surface area contributed by atoms with Crippen LogP contribution in [-0.4, -0.2) is 30.4 Å². The Morgan fingerprint density at radius 1 is 1.50 bits per heavy atom. The van der Waals surface area contributed by atoms with Crippen molar-refractivity contribution < 1.29 is 9.21 Å². The third kappa shape index (κ3) is 4.06. The van der Waals surface area contributed by atoms with E-state index < -0.39 is 0 Å². The molecule has 1 rings (SSSR count). The first-order valence-corrected chi connectivity index (χ1v) is 5.78. The van der Waals surface area contributed by atoms with Crippen LogP contribution in [0.1, 0.15) is 25.5 Å². The highest BCUT2D eigenvalue weighted by Gasteiger charge is 2.11. The summed E-state index contributed by atoms with van der Waals surface area (Å²) in [5.74, 6) is 1.02. The van der Waals surface area contributed by atoms with Gasteiger partial charge in [-0.15, -0.1) is 0 Å². The molecule has 0 saturated heterocycles. The molecule has 1 aromatic rings. The van der Waals surface area contributed by atoms with Crippen molar-refractivity contribution in [2.45, 2.75) is 26.2 Å². The average Bonchev–Trinajstić information content (AvgIpc) is 2.78. The van der Waals surface area contributed by atoms with Gasteiger partial charge in [-0.2, -0.15) is 0 Å². The highest BCUT2D eigenvalue weighted by atomic mass is 16.3. The Morgan fingerprint density at radius 3 is 2.88 bits per heavy atom. The van der Waals surface area contributed by atoms with E-state index in [1.54, 1.807) is 6.26 Å². The van der Waals surface area contributed by atoms with E-state index in [-0.39, 0.29) is 5.91 Å². The SMILES string of the molecule is CCCN(CCN)C(=O)CCc1ccco1. The first-order chi connectivity index (χ1) is 7.77. The zero-order chi connectivity index (χ0) is 11.8. The minimum atomic E-state index is 0.156. The molecule has 0 aliphatic rings. The second kappa shape index (κ2) is 7.06. The predicted octanol–water partition coefficient (Wildman–Crippen LogP) is 1.41. The summed E-state index contributed by atoms with van der Waals surface area (Å²) in [5.41, 5.74) is 5.48. The largest absolute Gasteiger partial charge is 0.469 e. The molecule has 0 fully saturated rings. The van der Waals surface area contributed by atoms with Gasteiger partial charge in [0.15, 0.2) is 0 Å². The van der Waals surface area contributed by atoms with E-state index in [0.29, 0.717) is 25.9 Å². The molecule has 4 heteroatoms. The fourth-order valence-electron chi connectivity index (χ4n) is 1.63. The van der Waals surface area contributed by atoms with Gasteiger partial charge in [0.05, 0.1) is 6.26 Å². The summed E-state index contributed by atoms with van der Waals surface area (Å²) in [7, 11) is 0. The van der Waals surface area contributed by atoms with Gasteiger partial charge in [0, 0.05) is 32.5 Å². The van der Waals surface area contributed by atoms with Gasteiger partial charge in [0.2, 0.25) is 5.91 Å². The summed E-state index contributed by atoms with van der Waals surface area (Å²) in [4.78, 5) is 13.7. The van der Waals surface area contributed by atoms with Crippen LogP contribution in [0.2, 0.25) is 0 Å². The van der Waals surface area contributed by atoms with Crippen LogP contribution in [0.15, 0.2) is 22.8 Å². The molecule has 1 aromatic heterocycles. The molecule has 0 atom stereocenters. The Bertz CT molecular complexity index is 290. The van der Waals surface area contributed by atoms with Gasteiger partial charge in [-0.1, -0.05) is 6.92 Å². The number of nitrogens with zero attached hydrogens (tertiary/aromatic N) is 1. The molecule has 0 unspecified atom stereocenters. The fourth-order valence-corrected chi connectivity index (χ4v) is 1.63. The summed E-state index contributed by atoms with van der Waals surface area (Å²) in [6.45, 7) is 4.01. The molecule has 1 amide bonds. The number of furan rings is 1. The topological polar surface area (TPSA) is 59.5 Å². The normalized spacial score (nSPS) is 10.4. The zero-order valence-corrected chi connectivity index (χ0v) is 9.82. The standard InChI is InChI=1S/C12H20N2O2/c1-2-8-14(9-7-13)12(15)6-5-11-4-3-10-16-11/h3-4,10H,2,5-9,13H2,1H3. The van der Waals surface area contributed by atoms with Crippen LogP contribution in [0.25, 0.3) is 0 Å². The van der Waals surface area contributed by atoms with Crippen LogP contribution in [0, 0.1) is 0 Å². The van der Waals surface area contributed by atoms with Crippen LogP contribution < -0.4 is 5.73 Å². The lowest BCUT2D eigenvalue weighted by atomic mass is 10.2. The van der Waals surface area contributed by atoms with Crippen molar-refractivity contribution in [2.75, 3.05) is 19.6 Å². The fraction of sp³-hybridized carbons (Fsp3) is 0.583. The van der Waals surface area contributed by atoms with Crippen LogP contribution in [0.3, 0.4) is 0 Å². The molecule has 4 nitrogen and oxygen atoms in total. The van der Waals surface area contributed by atoms with Crippen LogP contribution in [0.5, 0.6) is 0 Å². The minimum Gasteiger partial charge on any atom is -0.469 e. The molecule has 90 valence electrons.